The summed E-state index contributed by atoms with van der Waals surface area (Å²) in [6, 6.07) is 10.9. The predicted octanol–water partition coefficient (Wildman–Crippen LogP) is 2.91. The van der Waals surface area contributed by atoms with Crippen LogP contribution >= 0.6 is 0 Å². The maximum Gasteiger partial charge on any atom is 0.323 e. The summed E-state index contributed by atoms with van der Waals surface area (Å²) in [5.41, 5.74) is 4.96. The lowest BCUT2D eigenvalue weighted by molar-refractivity contribution is -0.116. The van der Waals surface area contributed by atoms with E-state index in [1.807, 2.05) is 32.9 Å². The Hall–Kier alpha value is -3.02. The lowest BCUT2D eigenvalue weighted by atomic mass is 10.1. The molecule has 0 saturated carbocycles. The van der Waals surface area contributed by atoms with Crippen molar-refractivity contribution >= 4 is 28.3 Å². The van der Waals surface area contributed by atoms with Crippen LogP contribution in [0.4, 0.5) is 11.4 Å². The second kappa shape index (κ2) is 6.23. The number of anilines is 2. The number of nitrogens with one attached hydrogen (secondary N) is 4. The van der Waals surface area contributed by atoms with Crippen molar-refractivity contribution in [1.29, 1.82) is 0 Å². The Kier molecular flexibility index (Phi) is 4.12. The molecule has 1 atom stereocenters. The van der Waals surface area contributed by atoms with Gasteiger partial charge in [0.25, 0.3) is 0 Å². The minimum atomic E-state index is -0.396. The van der Waals surface area contributed by atoms with Crippen LogP contribution in [0, 0.1) is 13.8 Å². The van der Waals surface area contributed by atoms with E-state index in [1.54, 1.807) is 18.2 Å². The molecule has 6 nitrogen and oxygen atoms in total. The molecule has 6 heteroatoms. The van der Waals surface area contributed by atoms with E-state index in [0.717, 1.165) is 11.3 Å². The third-order valence-electron chi connectivity index (χ3n) is 3.93. The van der Waals surface area contributed by atoms with Gasteiger partial charge in [0.1, 0.15) is 6.04 Å². The fourth-order valence-electron chi connectivity index (χ4n) is 2.64. The highest BCUT2D eigenvalue weighted by atomic mass is 16.2. The summed E-state index contributed by atoms with van der Waals surface area (Å²) in [6.45, 7) is 5.86. The van der Waals surface area contributed by atoms with Crippen LogP contribution in [0.5, 0.6) is 0 Å². The van der Waals surface area contributed by atoms with Gasteiger partial charge in [0, 0.05) is 11.4 Å². The molecule has 0 fully saturated rings. The molecule has 3 rings (SSSR count). The quantitative estimate of drug-likeness (QED) is 0.595. The molecule has 24 heavy (non-hydrogen) atoms. The number of imidazole rings is 1. The summed E-state index contributed by atoms with van der Waals surface area (Å²) < 4.78 is 0. The van der Waals surface area contributed by atoms with Crippen molar-refractivity contribution in [2.24, 2.45) is 0 Å². The Bertz CT molecular complexity index is 955. The second-order valence-electron chi connectivity index (χ2n) is 6.01. The molecule has 0 aliphatic rings. The first-order valence-electron chi connectivity index (χ1n) is 7.79. The molecule has 0 unspecified atom stereocenters. The van der Waals surface area contributed by atoms with Crippen LogP contribution < -0.4 is 16.3 Å². The number of rotatable bonds is 4. The van der Waals surface area contributed by atoms with Crippen molar-refractivity contribution in [3.63, 3.8) is 0 Å². The van der Waals surface area contributed by atoms with Gasteiger partial charge in [0.15, 0.2) is 0 Å². The van der Waals surface area contributed by atoms with Gasteiger partial charge in [-0.1, -0.05) is 17.7 Å². The van der Waals surface area contributed by atoms with Gasteiger partial charge in [0.2, 0.25) is 5.91 Å². The average molecular weight is 324 g/mol. The van der Waals surface area contributed by atoms with Gasteiger partial charge in [-0.25, -0.2) is 4.79 Å². The Morgan fingerprint density at radius 3 is 2.54 bits per heavy atom. The smallest absolute Gasteiger partial charge is 0.323 e. The first-order valence-corrected chi connectivity index (χ1v) is 7.79. The molecule has 4 N–H and O–H groups in total. The summed E-state index contributed by atoms with van der Waals surface area (Å²) in [4.78, 5) is 29.0. The summed E-state index contributed by atoms with van der Waals surface area (Å²) >= 11 is 0. The summed E-state index contributed by atoms with van der Waals surface area (Å²) in [5, 5.41) is 6.08. The number of hydrogen-bond acceptors (Lipinski definition) is 3. The number of fused-ring (bicyclic) bond motifs is 1. The SMILES string of the molecule is Cc1ccc(N[C@H](C)C(=O)Nc2ccc3[nH]c(=O)[nH]c3c2)c(C)c1. The van der Waals surface area contributed by atoms with Crippen molar-refractivity contribution in [2.45, 2.75) is 26.8 Å². The molecular weight excluding hydrogens is 304 g/mol. The Labute approximate surface area is 139 Å². The summed E-state index contributed by atoms with van der Waals surface area (Å²) in [7, 11) is 0. The molecule has 0 radical (unpaired) electrons. The minimum absolute atomic E-state index is 0.146. The molecule has 0 aliphatic heterocycles. The molecule has 124 valence electrons. The van der Waals surface area contributed by atoms with Gasteiger partial charge in [-0.05, 0) is 50.6 Å². The normalized spacial score (nSPS) is 12.1. The second-order valence-corrected chi connectivity index (χ2v) is 6.01. The van der Waals surface area contributed by atoms with E-state index in [2.05, 4.69) is 26.7 Å². The van der Waals surface area contributed by atoms with E-state index < -0.39 is 6.04 Å². The predicted molar refractivity (Wildman–Crippen MR) is 96.5 cm³/mol. The fraction of sp³-hybridized carbons (Fsp3) is 0.222. The standard InChI is InChI=1S/C18H20N4O2/c1-10-4-6-14(11(2)8-10)19-12(3)17(23)20-13-5-7-15-16(9-13)22-18(24)21-15/h4-9,12,19H,1-3H3,(H,20,23)(H2,21,22,24)/t12-/m1/s1. The number of aryl methyl sites for hydroxylation is 2. The summed E-state index contributed by atoms with van der Waals surface area (Å²) in [6.07, 6.45) is 0. The van der Waals surface area contributed by atoms with Gasteiger partial charge in [0.05, 0.1) is 11.0 Å². The van der Waals surface area contributed by atoms with Crippen molar-refractivity contribution < 1.29 is 4.79 Å². The molecule has 0 spiro atoms. The molecule has 2 aromatic carbocycles. The number of amides is 1. The van der Waals surface area contributed by atoms with Gasteiger partial charge in [-0.15, -0.1) is 0 Å². The van der Waals surface area contributed by atoms with Gasteiger partial charge >= 0.3 is 5.69 Å². The zero-order valence-electron chi connectivity index (χ0n) is 13.9. The Morgan fingerprint density at radius 2 is 1.79 bits per heavy atom. The largest absolute Gasteiger partial charge is 0.374 e. The Morgan fingerprint density at radius 1 is 1.04 bits per heavy atom. The third kappa shape index (κ3) is 3.32. The average Bonchev–Trinajstić information content (AvgIpc) is 2.89. The van der Waals surface area contributed by atoms with E-state index in [1.165, 1.54) is 5.56 Å². The third-order valence-corrected chi connectivity index (χ3v) is 3.93. The lowest BCUT2D eigenvalue weighted by Crippen LogP contribution is -2.32. The molecule has 1 aromatic heterocycles. The van der Waals surface area contributed by atoms with Crippen LogP contribution in [0.15, 0.2) is 41.2 Å². The van der Waals surface area contributed by atoms with E-state index >= 15 is 0 Å². The van der Waals surface area contributed by atoms with Crippen LogP contribution in [-0.2, 0) is 4.79 Å². The highest BCUT2D eigenvalue weighted by Crippen LogP contribution is 2.18. The Balaban J connectivity index is 1.71. The molecular formula is C18H20N4O2. The van der Waals surface area contributed by atoms with E-state index in [9.17, 15) is 9.59 Å². The van der Waals surface area contributed by atoms with Crippen LogP contribution in [-0.4, -0.2) is 21.9 Å². The van der Waals surface area contributed by atoms with E-state index in [4.69, 9.17) is 0 Å². The number of carbonyl (C=O) groups excluding carboxylic acids is 1. The lowest BCUT2D eigenvalue weighted by Gasteiger charge is -2.17. The van der Waals surface area contributed by atoms with E-state index in [0.29, 0.717) is 16.7 Å². The molecule has 1 heterocycles. The number of aromatic amines is 2. The zero-order chi connectivity index (χ0) is 17.3. The van der Waals surface area contributed by atoms with Crippen LogP contribution in [0.3, 0.4) is 0 Å². The van der Waals surface area contributed by atoms with Crippen molar-refractivity contribution in [2.75, 3.05) is 10.6 Å². The van der Waals surface area contributed by atoms with Crippen LogP contribution in [0.1, 0.15) is 18.1 Å². The first-order chi connectivity index (χ1) is 11.4. The maximum atomic E-state index is 12.4. The molecule has 0 aliphatic carbocycles. The number of aromatic nitrogens is 2. The molecule has 0 bridgehead atoms. The molecule has 0 saturated heterocycles. The number of hydrogen-bond donors (Lipinski definition) is 4. The monoisotopic (exact) mass is 324 g/mol. The summed E-state index contributed by atoms with van der Waals surface area (Å²) in [5.74, 6) is -0.146. The maximum absolute atomic E-state index is 12.4. The topological polar surface area (TPSA) is 89.8 Å². The van der Waals surface area contributed by atoms with Crippen LogP contribution in [0.2, 0.25) is 0 Å². The fourth-order valence-corrected chi connectivity index (χ4v) is 2.64. The van der Waals surface area contributed by atoms with Crippen molar-refractivity contribution in [3.8, 4) is 0 Å². The van der Waals surface area contributed by atoms with Crippen LogP contribution in [0.25, 0.3) is 11.0 Å². The van der Waals surface area contributed by atoms with E-state index in [-0.39, 0.29) is 11.6 Å². The highest BCUT2D eigenvalue weighted by molar-refractivity contribution is 5.97. The molecule has 1 amide bonds. The van der Waals surface area contributed by atoms with Crippen molar-refractivity contribution in [1.82, 2.24) is 9.97 Å². The van der Waals surface area contributed by atoms with Crippen molar-refractivity contribution in [3.05, 3.63) is 58.0 Å². The molecule has 3 aromatic rings. The number of benzene rings is 2. The first kappa shape index (κ1) is 15.9. The van der Waals surface area contributed by atoms with Gasteiger partial charge in [-0.2, -0.15) is 0 Å². The van der Waals surface area contributed by atoms with Gasteiger partial charge < -0.3 is 20.6 Å². The number of H-pyrrole nitrogens is 2. The number of carbonyl (C=O) groups is 1. The van der Waals surface area contributed by atoms with Gasteiger partial charge in [-0.3, -0.25) is 4.79 Å². The zero-order valence-corrected chi connectivity index (χ0v) is 13.9. The minimum Gasteiger partial charge on any atom is -0.374 e. The highest BCUT2D eigenvalue weighted by Gasteiger charge is 2.14.